The highest BCUT2D eigenvalue weighted by atomic mass is 35.5. The average Bonchev–Trinajstić information content (AvgIpc) is 2.82. The molecule has 102 valence electrons. The Hall–Kier alpha value is -1.30. The van der Waals surface area contributed by atoms with Crippen LogP contribution in [0.4, 0.5) is 0 Å². The Morgan fingerprint density at radius 1 is 1.16 bits per heavy atom. The topological polar surface area (TPSA) is 68.4 Å². The molecule has 1 aromatic heterocycles. The van der Waals surface area contributed by atoms with Gasteiger partial charge in [-0.05, 0) is 12.1 Å². The van der Waals surface area contributed by atoms with E-state index in [4.69, 9.17) is 37.5 Å². The molecule has 0 aliphatic rings. The molecular formula is C12H12Cl2N2O3. The first-order chi connectivity index (χ1) is 9.19. The first-order valence-corrected chi connectivity index (χ1v) is 6.44. The SMILES string of the molecule is OCCc1nnc(CCOc2cc(Cl)ccc2Cl)o1. The lowest BCUT2D eigenvalue weighted by Gasteiger charge is -2.06. The van der Waals surface area contributed by atoms with Gasteiger partial charge < -0.3 is 14.3 Å². The molecule has 0 saturated carbocycles. The van der Waals surface area contributed by atoms with Crippen molar-refractivity contribution in [2.75, 3.05) is 13.2 Å². The molecule has 0 fully saturated rings. The van der Waals surface area contributed by atoms with Crippen LogP contribution in [0.2, 0.25) is 10.0 Å². The van der Waals surface area contributed by atoms with Crippen molar-refractivity contribution in [2.24, 2.45) is 0 Å². The number of hydrogen-bond acceptors (Lipinski definition) is 5. The van der Waals surface area contributed by atoms with E-state index in [1.807, 2.05) is 0 Å². The molecule has 2 rings (SSSR count). The summed E-state index contributed by atoms with van der Waals surface area (Å²) in [5.41, 5.74) is 0. The van der Waals surface area contributed by atoms with Crippen LogP contribution in [-0.4, -0.2) is 28.5 Å². The van der Waals surface area contributed by atoms with Gasteiger partial charge >= 0.3 is 0 Å². The van der Waals surface area contributed by atoms with E-state index in [-0.39, 0.29) is 6.61 Å². The van der Waals surface area contributed by atoms with Crippen LogP contribution < -0.4 is 4.74 Å². The number of aromatic nitrogens is 2. The summed E-state index contributed by atoms with van der Waals surface area (Å²) in [6.45, 7) is 0.330. The smallest absolute Gasteiger partial charge is 0.219 e. The summed E-state index contributed by atoms with van der Waals surface area (Å²) in [4.78, 5) is 0. The third-order valence-corrected chi connectivity index (χ3v) is 2.85. The monoisotopic (exact) mass is 302 g/mol. The molecule has 19 heavy (non-hydrogen) atoms. The highest BCUT2D eigenvalue weighted by Crippen LogP contribution is 2.27. The molecule has 2 aromatic rings. The van der Waals surface area contributed by atoms with Crippen molar-refractivity contribution in [1.82, 2.24) is 10.2 Å². The predicted octanol–water partition coefficient (Wildman–Crippen LogP) is 2.53. The molecule has 7 heteroatoms. The predicted molar refractivity (Wildman–Crippen MR) is 70.7 cm³/mol. The number of aliphatic hydroxyl groups excluding tert-OH is 1. The van der Waals surface area contributed by atoms with E-state index < -0.39 is 0 Å². The van der Waals surface area contributed by atoms with E-state index in [0.717, 1.165) is 0 Å². The lowest BCUT2D eigenvalue weighted by atomic mass is 10.3. The Morgan fingerprint density at radius 2 is 1.89 bits per heavy atom. The lowest BCUT2D eigenvalue weighted by Crippen LogP contribution is -2.02. The fourth-order valence-corrected chi connectivity index (χ4v) is 1.76. The molecule has 1 N–H and O–H groups in total. The molecule has 1 heterocycles. The van der Waals surface area contributed by atoms with Gasteiger partial charge in [0.15, 0.2) is 0 Å². The fourth-order valence-electron chi connectivity index (χ4n) is 1.42. The summed E-state index contributed by atoms with van der Waals surface area (Å²) >= 11 is 11.8. The van der Waals surface area contributed by atoms with Gasteiger partial charge in [-0.1, -0.05) is 23.2 Å². The molecule has 0 amide bonds. The molecule has 0 radical (unpaired) electrons. The Balaban J connectivity index is 1.87. The van der Waals surface area contributed by atoms with Crippen molar-refractivity contribution >= 4 is 23.2 Å². The maximum Gasteiger partial charge on any atom is 0.219 e. The highest BCUT2D eigenvalue weighted by molar-refractivity contribution is 6.34. The number of ether oxygens (including phenoxy) is 1. The summed E-state index contributed by atoms with van der Waals surface area (Å²) < 4.78 is 10.8. The molecule has 0 atom stereocenters. The van der Waals surface area contributed by atoms with E-state index in [0.29, 0.717) is 47.0 Å². The average molecular weight is 303 g/mol. The van der Waals surface area contributed by atoms with Crippen LogP contribution in [-0.2, 0) is 12.8 Å². The van der Waals surface area contributed by atoms with Crippen LogP contribution >= 0.6 is 23.2 Å². The zero-order valence-electron chi connectivity index (χ0n) is 9.97. The van der Waals surface area contributed by atoms with Gasteiger partial charge in [0.2, 0.25) is 11.8 Å². The second kappa shape index (κ2) is 6.75. The minimum atomic E-state index is -0.0176. The van der Waals surface area contributed by atoms with Crippen molar-refractivity contribution in [1.29, 1.82) is 0 Å². The molecule has 5 nitrogen and oxygen atoms in total. The zero-order chi connectivity index (χ0) is 13.7. The van der Waals surface area contributed by atoms with Crippen molar-refractivity contribution in [2.45, 2.75) is 12.8 Å². The van der Waals surface area contributed by atoms with Gasteiger partial charge in [0.05, 0.1) is 24.7 Å². The number of aliphatic hydroxyl groups is 1. The lowest BCUT2D eigenvalue weighted by molar-refractivity contribution is 0.278. The van der Waals surface area contributed by atoms with Crippen molar-refractivity contribution in [3.05, 3.63) is 40.0 Å². The van der Waals surface area contributed by atoms with Gasteiger partial charge in [-0.3, -0.25) is 0 Å². The van der Waals surface area contributed by atoms with Gasteiger partial charge in [-0.2, -0.15) is 0 Å². The van der Waals surface area contributed by atoms with E-state index >= 15 is 0 Å². The van der Waals surface area contributed by atoms with Crippen molar-refractivity contribution in [3.63, 3.8) is 0 Å². The first kappa shape index (κ1) is 14.1. The minimum Gasteiger partial charge on any atom is -0.491 e. The third-order valence-electron chi connectivity index (χ3n) is 2.30. The number of rotatable bonds is 6. The van der Waals surface area contributed by atoms with Crippen LogP contribution in [0.5, 0.6) is 5.75 Å². The van der Waals surface area contributed by atoms with Crippen molar-refractivity contribution in [3.8, 4) is 5.75 Å². The van der Waals surface area contributed by atoms with Gasteiger partial charge in [0.25, 0.3) is 0 Å². The van der Waals surface area contributed by atoms with Gasteiger partial charge in [0.1, 0.15) is 5.75 Å². The number of benzene rings is 1. The number of hydrogen-bond donors (Lipinski definition) is 1. The molecule has 0 aliphatic carbocycles. The van der Waals surface area contributed by atoms with Gasteiger partial charge in [-0.15, -0.1) is 10.2 Å². The summed E-state index contributed by atoms with van der Waals surface area (Å²) in [5.74, 6) is 1.39. The Bertz CT molecular complexity index is 546. The first-order valence-electron chi connectivity index (χ1n) is 5.69. The van der Waals surface area contributed by atoms with Crippen LogP contribution in [0.1, 0.15) is 11.8 Å². The fraction of sp³-hybridized carbons (Fsp3) is 0.333. The minimum absolute atomic E-state index is 0.0176. The second-order valence-corrected chi connectivity index (χ2v) is 4.58. The zero-order valence-corrected chi connectivity index (χ0v) is 11.5. The molecule has 0 unspecified atom stereocenters. The van der Waals surface area contributed by atoms with Crippen LogP contribution in [0.15, 0.2) is 22.6 Å². The van der Waals surface area contributed by atoms with E-state index in [9.17, 15) is 0 Å². The van der Waals surface area contributed by atoms with Crippen LogP contribution in [0.25, 0.3) is 0 Å². The highest BCUT2D eigenvalue weighted by Gasteiger charge is 2.07. The molecule has 0 aliphatic heterocycles. The summed E-state index contributed by atoms with van der Waals surface area (Å²) in [5, 5.41) is 17.4. The molecule has 1 aromatic carbocycles. The summed E-state index contributed by atoms with van der Waals surface area (Å²) in [6.07, 6.45) is 0.815. The largest absolute Gasteiger partial charge is 0.491 e. The van der Waals surface area contributed by atoms with E-state index in [1.54, 1.807) is 18.2 Å². The standard InChI is InChI=1S/C12H12Cl2N2O3/c13-8-1-2-9(14)10(7-8)18-6-4-12-16-15-11(19-12)3-5-17/h1-2,7,17H,3-6H2. The Labute approximate surface area is 120 Å². The molecule has 0 spiro atoms. The van der Waals surface area contributed by atoms with Gasteiger partial charge in [0, 0.05) is 17.5 Å². The quantitative estimate of drug-likeness (QED) is 0.888. The Morgan fingerprint density at radius 3 is 2.63 bits per heavy atom. The molecular weight excluding hydrogens is 291 g/mol. The number of halogens is 2. The van der Waals surface area contributed by atoms with Crippen LogP contribution in [0.3, 0.4) is 0 Å². The van der Waals surface area contributed by atoms with E-state index in [2.05, 4.69) is 10.2 Å². The Kier molecular flexibility index (Phi) is 5.01. The van der Waals surface area contributed by atoms with Crippen molar-refractivity contribution < 1.29 is 14.3 Å². The maximum absolute atomic E-state index is 8.73. The van der Waals surface area contributed by atoms with Crippen LogP contribution in [0, 0.1) is 0 Å². The molecule has 0 saturated heterocycles. The van der Waals surface area contributed by atoms with E-state index in [1.165, 1.54) is 0 Å². The maximum atomic E-state index is 8.73. The molecule has 0 bridgehead atoms. The summed E-state index contributed by atoms with van der Waals surface area (Å²) in [6, 6.07) is 5.01. The number of nitrogens with zero attached hydrogens (tertiary/aromatic N) is 2. The summed E-state index contributed by atoms with van der Waals surface area (Å²) in [7, 11) is 0. The third kappa shape index (κ3) is 4.09. The van der Waals surface area contributed by atoms with Gasteiger partial charge in [-0.25, -0.2) is 0 Å². The second-order valence-electron chi connectivity index (χ2n) is 3.74. The normalized spacial score (nSPS) is 10.7.